The number of benzene rings is 1. The van der Waals surface area contributed by atoms with Gasteiger partial charge in [-0.1, -0.05) is 30.3 Å². The average Bonchev–Trinajstić information content (AvgIpc) is 3.55. The fourth-order valence-electron chi connectivity index (χ4n) is 3.84. The van der Waals surface area contributed by atoms with E-state index >= 15 is 0 Å². The summed E-state index contributed by atoms with van der Waals surface area (Å²) >= 11 is 0. The maximum Gasteiger partial charge on any atom is 0.244 e. The number of hydrogen-bond donors (Lipinski definition) is 0. The van der Waals surface area contributed by atoms with Crippen LogP contribution in [0, 0.1) is 0 Å². The van der Waals surface area contributed by atoms with Crippen LogP contribution in [0.25, 0.3) is 0 Å². The van der Waals surface area contributed by atoms with Gasteiger partial charge in [-0.3, -0.25) is 0 Å². The molecule has 10 nitrogen and oxygen atoms in total. The van der Waals surface area contributed by atoms with Crippen LogP contribution in [0.1, 0.15) is 28.9 Å². The molecule has 1 aliphatic rings. The molecule has 5 heterocycles. The van der Waals surface area contributed by atoms with Crippen LogP contribution < -0.4 is 14.1 Å². The predicted molar refractivity (Wildman–Crippen MR) is 107 cm³/mol. The monoisotopic (exact) mass is 413 g/mol. The molecule has 8 bridgehead atoms. The van der Waals surface area contributed by atoms with E-state index in [2.05, 4.69) is 41.0 Å². The van der Waals surface area contributed by atoms with Crippen LogP contribution in [0.15, 0.2) is 67.8 Å². The van der Waals surface area contributed by atoms with Gasteiger partial charge in [-0.15, -0.1) is 0 Å². The summed E-state index contributed by atoms with van der Waals surface area (Å²) in [4.78, 5) is 9.44. The van der Waals surface area contributed by atoms with Gasteiger partial charge < -0.3 is 15.2 Å². The van der Waals surface area contributed by atoms with Crippen LogP contribution in [-0.2, 0) is 32.7 Å². The quantitative estimate of drug-likeness (QED) is 0.366. The number of nitrogens with zero attached hydrogens (tertiary/aromatic N) is 10. The normalized spacial score (nSPS) is 13.4. The van der Waals surface area contributed by atoms with Gasteiger partial charge in [0.25, 0.3) is 0 Å². The van der Waals surface area contributed by atoms with Gasteiger partial charge in [-0.25, -0.2) is 27.9 Å². The van der Waals surface area contributed by atoms with E-state index in [1.54, 1.807) is 0 Å². The number of aromatic nitrogens is 10. The third-order valence-corrected chi connectivity index (χ3v) is 5.29. The molecule has 0 radical (unpaired) electrons. The molecule has 6 rings (SSSR count). The number of fused-ring (bicyclic) bond motifs is 8. The lowest BCUT2D eigenvalue weighted by Gasteiger charge is -2.04. The summed E-state index contributed by atoms with van der Waals surface area (Å²) in [5.74, 6) is 3.12. The Balaban J connectivity index is 1.39. The Morgan fingerprint density at radius 2 is 1.55 bits per heavy atom. The SMILES string of the molecule is c1ccc(Cn2nc3nc2Cn2cc[n+](c2)Cc2nnc([n-]2)C[n+]2ccn(c2)C3)cc1. The first kappa shape index (κ1) is 17.8. The zero-order valence-corrected chi connectivity index (χ0v) is 16.9. The smallest absolute Gasteiger partial charge is 0.244 e. The van der Waals surface area contributed by atoms with Crippen molar-refractivity contribution in [3.63, 3.8) is 0 Å². The molecule has 4 aromatic heterocycles. The molecule has 1 aromatic carbocycles. The van der Waals surface area contributed by atoms with Crippen molar-refractivity contribution >= 4 is 0 Å². The maximum atomic E-state index is 4.87. The van der Waals surface area contributed by atoms with Gasteiger partial charge in [-0.2, -0.15) is 5.10 Å². The molecule has 154 valence electrons. The van der Waals surface area contributed by atoms with Crippen molar-refractivity contribution in [1.29, 1.82) is 0 Å². The van der Waals surface area contributed by atoms with E-state index in [9.17, 15) is 0 Å². The molecule has 0 amide bonds. The molecular formula is C21H21N10+. The fourth-order valence-corrected chi connectivity index (χ4v) is 3.84. The lowest BCUT2D eigenvalue weighted by Crippen LogP contribution is -2.33. The van der Waals surface area contributed by atoms with E-state index in [0.29, 0.717) is 44.4 Å². The molecular weight excluding hydrogens is 392 g/mol. The minimum absolute atomic E-state index is 0.576. The Labute approximate surface area is 178 Å². The lowest BCUT2D eigenvalue weighted by atomic mass is 10.2. The lowest BCUT2D eigenvalue weighted by molar-refractivity contribution is -0.689. The Morgan fingerprint density at radius 1 is 0.871 bits per heavy atom. The van der Waals surface area contributed by atoms with E-state index in [1.165, 1.54) is 5.56 Å². The number of rotatable bonds is 2. The van der Waals surface area contributed by atoms with Crippen molar-refractivity contribution in [3.05, 3.63) is 96.6 Å². The van der Waals surface area contributed by atoms with Crippen molar-refractivity contribution in [2.24, 2.45) is 0 Å². The van der Waals surface area contributed by atoms with Crippen molar-refractivity contribution < 1.29 is 9.13 Å². The van der Waals surface area contributed by atoms with Crippen molar-refractivity contribution in [2.45, 2.75) is 32.7 Å². The van der Waals surface area contributed by atoms with Crippen LogP contribution in [0.5, 0.6) is 0 Å². The average molecular weight is 413 g/mol. The van der Waals surface area contributed by atoms with Crippen LogP contribution in [0.4, 0.5) is 0 Å². The first-order valence-electron chi connectivity index (χ1n) is 10.2. The van der Waals surface area contributed by atoms with Gasteiger partial charge in [0.05, 0.1) is 6.54 Å². The molecule has 0 fully saturated rings. The van der Waals surface area contributed by atoms with Crippen molar-refractivity contribution in [2.75, 3.05) is 0 Å². The van der Waals surface area contributed by atoms with Crippen LogP contribution in [0.2, 0.25) is 0 Å². The van der Waals surface area contributed by atoms with Crippen molar-refractivity contribution in [1.82, 2.24) is 39.1 Å². The third kappa shape index (κ3) is 3.75. The molecule has 5 aromatic rings. The summed E-state index contributed by atoms with van der Waals surface area (Å²) in [5.41, 5.74) is 1.20. The minimum Gasteiger partial charge on any atom is -0.359 e. The van der Waals surface area contributed by atoms with Gasteiger partial charge in [0.2, 0.25) is 12.7 Å². The van der Waals surface area contributed by atoms with Gasteiger partial charge in [-0.05, 0) is 5.56 Å². The molecule has 31 heavy (non-hydrogen) atoms. The molecule has 0 saturated heterocycles. The van der Waals surface area contributed by atoms with E-state index in [0.717, 1.165) is 11.6 Å². The molecule has 0 spiro atoms. The highest BCUT2D eigenvalue weighted by Crippen LogP contribution is 2.08. The molecule has 0 atom stereocenters. The van der Waals surface area contributed by atoms with E-state index < -0.39 is 0 Å². The Kier molecular flexibility index (Phi) is 4.19. The standard InChI is InChI=1S/C21H21N10/c1-2-4-17(5-3-1)10-31-21-14-30-9-8-28(16-30)12-19-22-18(24-25-19)11-27-6-7-29(15-27)13-20(23-21)26-31/h1-9,15-16H,10-14H2/q+1. The Bertz CT molecular complexity index is 1320. The second kappa shape index (κ2) is 7.31. The maximum absolute atomic E-state index is 4.87. The summed E-state index contributed by atoms with van der Waals surface area (Å²) in [6.45, 7) is 3.06. The van der Waals surface area contributed by atoms with Gasteiger partial charge in [0, 0.05) is 11.6 Å². The molecule has 0 unspecified atom stereocenters. The Hall–Kier alpha value is -4.08. The van der Waals surface area contributed by atoms with Gasteiger partial charge in [0.1, 0.15) is 44.4 Å². The summed E-state index contributed by atoms with van der Waals surface area (Å²) in [6.07, 6.45) is 12.1. The first-order valence-corrected chi connectivity index (χ1v) is 10.2. The molecule has 0 N–H and O–H groups in total. The second-order valence-corrected chi connectivity index (χ2v) is 7.75. The van der Waals surface area contributed by atoms with Crippen LogP contribution in [-0.4, -0.2) is 34.1 Å². The summed E-state index contributed by atoms with van der Waals surface area (Å²) in [7, 11) is 0. The van der Waals surface area contributed by atoms with E-state index in [-0.39, 0.29) is 0 Å². The number of imidazole rings is 2. The van der Waals surface area contributed by atoms with E-state index in [4.69, 9.17) is 10.1 Å². The fraction of sp³-hybridized carbons (Fsp3) is 0.238. The topological polar surface area (TPSA) is 88.2 Å². The molecule has 1 aliphatic heterocycles. The zero-order valence-electron chi connectivity index (χ0n) is 16.9. The van der Waals surface area contributed by atoms with Gasteiger partial charge >= 0.3 is 0 Å². The third-order valence-electron chi connectivity index (χ3n) is 5.29. The molecule has 10 heteroatoms. The number of hydrogen-bond acceptors (Lipinski definition) is 4. The second-order valence-electron chi connectivity index (χ2n) is 7.75. The zero-order chi connectivity index (χ0) is 20.6. The predicted octanol–water partition coefficient (Wildman–Crippen LogP) is -0.242. The molecule has 0 aliphatic carbocycles. The minimum atomic E-state index is 0.576. The van der Waals surface area contributed by atoms with Gasteiger partial charge in [0.15, 0.2) is 18.2 Å². The largest absolute Gasteiger partial charge is 0.359 e. The van der Waals surface area contributed by atoms with Crippen LogP contribution in [0.3, 0.4) is 0 Å². The van der Waals surface area contributed by atoms with E-state index in [1.807, 2.05) is 64.9 Å². The first-order chi connectivity index (χ1) is 15.3. The highest BCUT2D eigenvalue weighted by molar-refractivity contribution is 5.15. The van der Waals surface area contributed by atoms with Crippen LogP contribution >= 0.6 is 0 Å². The summed E-state index contributed by atoms with van der Waals surface area (Å²) in [5, 5.41) is 13.3. The molecule has 0 saturated carbocycles. The summed E-state index contributed by atoms with van der Waals surface area (Å²) in [6, 6.07) is 10.3. The van der Waals surface area contributed by atoms with Crippen molar-refractivity contribution in [3.8, 4) is 0 Å². The highest BCUT2D eigenvalue weighted by atomic mass is 15.4. The summed E-state index contributed by atoms with van der Waals surface area (Å²) < 4.78 is 10.3. The Morgan fingerprint density at radius 3 is 2.26 bits per heavy atom. The highest BCUT2D eigenvalue weighted by Gasteiger charge is 2.17.